The van der Waals surface area contributed by atoms with Crippen LogP contribution >= 0.6 is 23.4 Å². The van der Waals surface area contributed by atoms with E-state index in [4.69, 9.17) is 11.6 Å². The number of thioether (sulfide) groups is 1. The van der Waals surface area contributed by atoms with Crippen molar-refractivity contribution < 1.29 is 4.79 Å². The zero-order valence-corrected chi connectivity index (χ0v) is 17.6. The van der Waals surface area contributed by atoms with Gasteiger partial charge in [-0.2, -0.15) is 0 Å². The summed E-state index contributed by atoms with van der Waals surface area (Å²) in [5.74, 6) is 0.574. The van der Waals surface area contributed by atoms with Gasteiger partial charge in [0.2, 0.25) is 0 Å². The molecule has 1 fully saturated rings. The van der Waals surface area contributed by atoms with Crippen LogP contribution < -0.4 is 4.90 Å². The average molecular weight is 413 g/mol. The van der Waals surface area contributed by atoms with Crippen LogP contribution in [-0.2, 0) is 0 Å². The number of hydrogen-bond acceptors (Lipinski definition) is 4. The maximum Gasteiger partial charge on any atom is 0.152 e. The van der Waals surface area contributed by atoms with Gasteiger partial charge in [0.15, 0.2) is 6.29 Å². The summed E-state index contributed by atoms with van der Waals surface area (Å²) in [4.78, 5) is 16.4. The van der Waals surface area contributed by atoms with Crippen LogP contribution in [0.2, 0.25) is 5.02 Å². The highest BCUT2D eigenvalue weighted by Gasteiger charge is 2.30. The summed E-state index contributed by atoms with van der Waals surface area (Å²) in [7, 11) is 0. The highest BCUT2D eigenvalue weighted by atomic mass is 35.5. The lowest BCUT2D eigenvalue weighted by atomic mass is 9.95. The number of allylic oxidation sites excluding steroid dienone is 1. The van der Waals surface area contributed by atoms with Gasteiger partial charge in [-0.25, -0.2) is 0 Å². The van der Waals surface area contributed by atoms with E-state index in [2.05, 4.69) is 40.3 Å². The van der Waals surface area contributed by atoms with Gasteiger partial charge in [-0.15, -0.1) is 11.8 Å². The number of rotatable bonds is 5. The number of carbonyl (C=O) groups is 1. The fourth-order valence-electron chi connectivity index (χ4n) is 4.20. The third-order valence-corrected chi connectivity index (χ3v) is 7.15. The number of piperidine rings is 1. The smallest absolute Gasteiger partial charge is 0.152 e. The Morgan fingerprint density at radius 1 is 1.18 bits per heavy atom. The van der Waals surface area contributed by atoms with Crippen LogP contribution in [0.4, 0.5) is 5.69 Å². The Bertz CT molecular complexity index is 867. The number of anilines is 1. The molecule has 0 aliphatic carbocycles. The van der Waals surface area contributed by atoms with Crippen LogP contribution in [-0.4, -0.2) is 30.8 Å². The Labute approximate surface area is 176 Å². The molecule has 146 valence electrons. The second-order valence-corrected chi connectivity index (χ2v) is 8.97. The molecule has 2 aliphatic heterocycles. The lowest BCUT2D eigenvalue weighted by molar-refractivity contribution is 0.112. The van der Waals surface area contributed by atoms with Crippen LogP contribution in [0, 0.1) is 5.92 Å². The summed E-state index contributed by atoms with van der Waals surface area (Å²) in [6, 6.07) is 16.1. The van der Waals surface area contributed by atoms with Crippen LogP contribution in [0.25, 0.3) is 0 Å². The van der Waals surface area contributed by atoms with Gasteiger partial charge < -0.3 is 9.80 Å². The number of para-hydroxylation sites is 1. The molecule has 0 aromatic heterocycles. The van der Waals surface area contributed by atoms with Crippen molar-refractivity contribution in [2.45, 2.75) is 25.1 Å². The molecule has 2 unspecified atom stereocenters. The second-order valence-electron chi connectivity index (χ2n) is 7.58. The van der Waals surface area contributed by atoms with E-state index in [-0.39, 0.29) is 0 Å². The first-order valence-corrected chi connectivity index (χ1v) is 11.1. The maximum absolute atomic E-state index is 11.4. The van der Waals surface area contributed by atoms with E-state index in [0.29, 0.717) is 11.3 Å². The van der Waals surface area contributed by atoms with Crippen molar-refractivity contribution in [1.82, 2.24) is 4.90 Å². The normalized spacial score (nSPS) is 22.3. The average Bonchev–Trinajstić information content (AvgIpc) is 3.09. The van der Waals surface area contributed by atoms with Crippen LogP contribution in [0.3, 0.4) is 0 Å². The minimum atomic E-state index is 0.315. The molecule has 0 spiro atoms. The van der Waals surface area contributed by atoms with Crippen molar-refractivity contribution in [2.75, 3.05) is 24.5 Å². The molecule has 2 atom stereocenters. The minimum absolute atomic E-state index is 0.315. The van der Waals surface area contributed by atoms with Crippen LogP contribution in [0.5, 0.6) is 0 Å². The predicted molar refractivity (Wildman–Crippen MR) is 119 cm³/mol. The van der Waals surface area contributed by atoms with Crippen molar-refractivity contribution in [1.29, 1.82) is 0 Å². The minimum Gasteiger partial charge on any atom is -0.371 e. The van der Waals surface area contributed by atoms with Crippen molar-refractivity contribution in [3.63, 3.8) is 0 Å². The lowest BCUT2D eigenvalue weighted by Gasteiger charge is -2.39. The second kappa shape index (κ2) is 8.62. The monoisotopic (exact) mass is 412 g/mol. The Balaban J connectivity index is 1.48. The van der Waals surface area contributed by atoms with E-state index < -0.39 is 0 Å². The molecule has 0 radical (unpaired) electrons. The Morgan fingerprint density at radius 3 is 2.75 bits per heavy atom. The Hall–Kier alpha value is -1.91. The predicted octanol–water partition coefficient (Wildman–Crippen LogP) is 5.98. The fourth-order valence-corrected chi connectivity index (χ4v) is 5.50. The van der Waals surface area contributed by atoms with Gasteiger partial charge in [0.1, 0.15) is 5.37 Å². The van der Waals surface area contributed by atoms with E-state index in [0.717, 1.165) is 48.6 Å². The van der Waals surface area contributed by atoms with Crippen molar-refractivity contribution in [2.24, 2.45) is 5.92 Å². The molecule has 28 heavy (non-hydrogen) atoms. The zero-order valence-electron chi connectivity index (χ0n) is 16.1. The van der Waals surface area contributed by atoms with Crippen LogP contribution in [0.15, 0.2) is 59.6 Å². The molecule has 2 aromatic carbocycles. The molecule has 3 nitrogen and oxygen atoms in total. The molecule has 0 amide bonds. The van der Waals surface area contributed by atoms with Gasteiger partial charge >= 0.3 is 0 Å². The zero-order chi connectivity index (χ0) is 19.5. The summed E-state index contributed by atoms with van der Waals surface area (Å²) in [6.45, 7) is 5.24. The highest BCUT2D eigenvalue weighted by molar-refractivity contribution is 8.02. The number of aldehydes is 1. The van der Waals surface area contributed by atoms with E-state index in [9.17, 15) is 4.79 Å². The first-order chi connectivity index (χ1) is 13.7. The molecule has 5 heteroatoms. The first kappa shape index (κ1) is 19.4. The molecular weight excluding hydrogens is 388 g/mol. The number of benzene rings is 2. The SMILES string of the molecule is CC1=CSC(c2ccc(Cl)cc2)N1CC1CCCN(c2ccccc2C=O)C1. The van der Waals surface area contributed by atoms with E-state index in [1.54, 1.807) is 0 Å². The third kappa shape index (κ3) is 4.08. The molecule has 1 saturated heterocycles. The van der Waals surface area contributed by atoms with Gasteiger partial charge in [0.05, 0.1) is 0 Å². The van der Waals surface area contributed by atoms with E-state index in [1.165, 1.54) is 17.7 Å². The number of nitrogens with zero attached hydrogens (tertiary/aromatic N) is 2. The summed E-state index contributed by atoms with van der Waals surface area (Å²) < 4.78 is 0. The quantitative estimate of drug-likeness (QED) is 0.564. The van der Waals surface area contributed by atoms with Gasteiger partial charge in [0.25, 0.3) is 0 Å². The Morgan fingerprint density at radius 2 is 1.96 bits per heavy atom. The number of halogens is 1. The van der Waals surface area contributed by atoms with Gasteiger partial charge in [-0.3, -0.25) is 4.79 Å². The van der Waals surface area contributed by atoms with Gasteiger partial charge in [-0.1, -0.05) is 35.9 Å². The highest BCUT2D eigenvalue weighted by Crippen LogP contribution is 2.43. The molecule has 2 heterocycles. The van der Waals surface area contributed by atoms with Crippen molar-refractivity contribution in [3.05, 3.63) is 75.8 Å². The van der Waals surface area contributed by atoms with E-state index >= 15 is 0 Å². The van der Waals surface area contributed by atoms with Crippen molar-refractivity contribution >= 4 is 35.3 Å². The van der Waals surface area contributed by atoms with Gasteiger partial charge in [-0.05, 0) is 60.9 Å². The fraction of sp³-hybridized carbons (Fsp3) is 0.348. The number of hydrogen-bond donors (Lipinski definition) is 0. The molecule has 0 saturated carbocycles. The molecule has 4 rings (SSSR count). The molecular formula is C23H25ClN2OS. The first-order valence-electron chi connectivity index (χ1n) is 9.79. The molecule has 2 aromatic rings. The maximum atomic E-state index is 11.4. The molecule has 0 bridgehead atoms. The molecule has 2 aliphatic rings. The topological polar surface area (TPSA) is 23.6 Å². The summed E-state index contributed by atoms with van der Waals surface area (Å²) in [5, 5.41) is 3.36. The standard InChI is InChI=1S/C23H25ClN2OS/c1-17-16-28-23(19-8-10-21(24)11-9-19)26(17)14-18-5-4-12-25(13-18)22-7-3-2-6-20(22)15-27/h2-3,6-11,15-16,18,23H,4-5,12-14H2,1H3. The van der Waals surface area contributed by atoms with Crippen LogP contribution in [0.1, 0.15) is 41.1 Å². The summed E-state index contributed by atoms with van der Waals surface area (Å²) in [6.07, 6.45) is 3.36. The third-order valence-electron chi connectivity index (χ3n) is 5.64. The largest absolute Gasteiger partial charge is 0.371 e. The molecule has 0 N–H and O–H groups in total. The Kier molecular flexibility index (Phi) is 5.98. The summed E-state index contributed by atoms with van der Waals surface area (Å²) >= 11 is 7.94. The van der Waals surface area contributed by atoms with E-state index in [1.807, 2.05) is 42.1 Å². The van der Waals surface area contributed by atoms with Gasteiger partial charge in [0, 0.05) is 41.6 Å². The number of carbonyl (C=O) groups excluding carboxylic acids is 1. The lowest BCUT2D eigenvalue weighted by Crippen LogP contribution is -2.41. The van der Waals surface area contributed by atoms with Crippen molar-refractivity contribution in [3.8, 4) is 0 Å². The summed E-state index contributed by atoms with van der Waals surface area (Å²) in [5.41, 5.74) is 4.48.